The Morgan fingerprint density at radius 3 is 2.73 bits per heavy atom. The van der Waals surface area contributed by atoms with Gasteiger partial charge in [0.2, 0.25) is 0 Å². The molecule has 4 nitrogen and oxygen atoms in total. The number of benzene rings is 2. The maximum absolute atomic E-state index is 14.2. The van der Waals surface area contributed by atoms with Crippen LogP contribution in [0.3, 0.4) is 0 Å². The van der Waals surface area contributed by atoms with Gasteiger partial charge >= 0.3 is 0 Å². The Hall–Kier alpha value is -3.80. The fraction of sp³-hybridized carbons (Fsp3) is 0.185. The molecule has 1 aromatic heterocycles. The van der Waals surface area contributed by atoms with Crippen LogP contribution in [0.4, 0.5) is 8.78 Å². The normalized spacial score (nSPS) is 18.4. The number of aromatic nitrogens is 1. The average Bonchev–Trinajstić information content (AvgIpc) is 3.29. The van der Waals surface area contributed by atoms with Gasteiger partial charge in [-0.05, 0) is 42.7 Å². The van der Waals surface area contributed by atoms with Crippen LogP contribution >= 0.6 is 0 Å². The standard InChI is InChI=1S/C27H24F2N2O2/c1-4-6-10-19(5-2)27(3)17-31(16-18-9-7-8-11-22(18)27)26(32)24-15-25(33-30-24)21-13-12-20(28)14-23(21)29/h4-15H,2,16-17H2,1,3H3/b6-4-,19-10+. The highest BCUT2D eigenvalue weighted by Crippen LogP contribution is 2.40. The first-order chi connectivity index (χ1) is 15.9. The van der Waals surface area contributed by atoms with E-state index in [0.717, 1.165) is 28.8 Å². The molecular formula is C27H24F2N2O2. The van der Waals surface area contributed by atoms with Crippen molar-refractivity contribution in [1.82, 2.24) is 10.1 Å². The van der Waals surface area contributed by atoms with E-state index in [1.165, 1.54) is 12.1 Å². The third-order valence-corrected chi connectivity index (χ3v) is 6.02. The number of nitrogens with zero attached hydrogens (tertiary/aromatic N) is 2. The summed E-state index contributed by atoms with van der Waals surface area (Å²) in [6.45, 7) is 8.84. The molecule has 0 fully saturated rings. The molecule has 3 aromatic rings. The molecule has 2 heterocycles. The summed E-state index contributed by atoms with van der Waals surface area (Å²) in [4.78, 5) is 15.1. The average molecular weight is 446 g/mol. The van der Waals surface area contributed by atoms with E-state index in [-0.39, 0.29) is 22.9 Å². The minimum absolute atomic E-state index is 0.0417. The van der Waals surface area contributed by atoms with Gasteiger partial charge in [0, 0.05) is 30.6 Å². The Kier molecular flexibility index (Phi) is 6.09. The molecule has 0 N–H and O–H groups in total. The van der Waals surface area contributed by atoms with Crippen molar-refractivity contribution < 1.29 is 18.1 Å². The van der Waals surface area contributed by atoms with Gasteiger partial charge in [-0.2, -0.15) is 0 Å². The number of fused-ring (bicyclic) bond motifs is 1. The summed E-state index contributed by atoms with van der Waals surface area (Å²) >= 11 is 0. The second-order valence-electron chi connectivity index (χ2n) is 8.20. The summed E-state index contributed by atoms with van der Waals surface area (Å²) < 4.78 is 32.6. The summed E-state index contributed by atoms with van der Waals surface area (Å²) in [5.41, 5.74) is 2.77. The second-order valence-corrected chi connectivity index (χ2v) is 8.20. The van der Waals surface area contributed by atoms with Crippen LogP contribution in [0.25, 0.3) is 11.3 Å². The van der Waals surface area contributed by atoms with Crippen LogP contribution in [-0.4, -0.2) is 22.5 Å². The van der Waals surface area contributed by atoms with Gasteiger partial charge in [0.05, 0.1) is 5.56 Å². The van der Waals surface area contributed by atoms with Crippen molar-refractivity contribution in [3.8, 4) is 11.3 Å². The van der Waals surface area contributed by atoms with Crippen molar-refractivity contribution in [2.24, 2.45) is 0 Å². The molecule has 2 aromatic carbocycles. The van der Waals surface area contributed by atoms with Crippen LogP contribution in [0.2, 0.25) is 0 Å². The van der Waals surface area contributed by atoms with E-state index in [1.807, 2.05) is 49.4 Å². The maximum Gasteiger partial charge on any atom is 0.276 e. The van der Waals surface area contributed by atoms with Crippen molar-refractivity contribution in [3.63, 3.8) is 0 Å². The van der Waals surface area contributed by atoms with E-state index in [1.54, 1.807) is 4.90 Å². The second kappa shape index (κ2) is 8.98. The molecule has 0 radical (unpaired) electrons. The lowest BCUT2D eigenvalue weighted by Gasteiger charge is -2.42. The predicted molar refractivity (Wildman–Crippen MR) is 123 cm³/mol. The lowest BCUT2D eigenvalue weighted by Crippen LogP contribution is -2.47. The van der Waals surface area contributed by atoms with Crippen LogP contribution in [0.15, 0.2) is 89.5 Å². The van der Waals surface area contributed by atoms with Crippen molar-refractivity contribution in [2.45, 2.75) is 25.8 Å². The van der Waals surface area contributed by atoms with E-state index in [4.69, 9.17) is 4.52 Å². The Balaban J connectivity index is 1.70. The Bertz CT molecular complexity index is 1270. The van der Waals surface area contributed by atoms with Gasteiger partial charge in [-0.1, -0.05) is 60.3 Å². The van der Waals surface area contributed by atoms with Crippen LogP contribution in [0, 0.1) is 11.6 Å². The Morgan fingerprint density at radius 2 is 2.00 bits per heavy atom. The first-order valence-corrected chi connectivity index (χ1v) is 10.6. The molecule has 4 rings (SSSR count). The number of carbonyl (C=O) groups is 1. The molecule has 6 heteroatoms. The molecule has 0 aliphatic carbocycles. The number of carbonyl (C=O) groups excluding carboxylic acids is 1. The molecule has 1 atom stereocenters. The largest absolute Gasteiger partial charge is 0.355 e. The number of allylic oxidation sites excluding steroid dienone is 4. The van der Waals surface area contributed by atoms with Crippen molar-refractivity contribution in [2.75, 3.05) is 6.54 Å². The highest BCUT2D eigenvalue weighted by atomic mass is 19.1. The lowest BCUT2D eigenvalue weighted by molar-refractivity contribution is 0.0684. The first kappa shape index (κ1) is 22.4. The molecule has 33 heavy (non-hydrogen) atoms. The number of hydrogen-bond acceptors (Lipinski definition) is 3. The minimum Gasteiger partial charge on any atom is -0.355 e. The van der Waals surface area contributed by atoms with Crippen LogP contribution in [0.5, 0.6) is 0 Å². The zero-order chi connectivity index (χ0) is 23.6. The first-order valence-electron chi connectivity index (χ1n) is 10.6. The van der Waals surface area contributed by atoms with Gasteiger partial charge in [-0.3, -0.25) is 4.79 Å². The zero-order valence-corrected chi connectivity index (χ0v) is 18.5. The number of hydrogen-bond donors (Lipinski definition) is 0. The fourth-order valence-corrected chi connectivity index (χ4v) is 4.35. The summed E-state index contributed by atoms with van der Waals surface area (Å²) in [5, 5.41) is 3.88. The summed E-state index contributed by atoms with van der Waals surface area (Å²) in [7, 11) is 0. The zero-order valence-electron chi connectivity index (χ0n) is 18.5. The van der Waals surface area contributed by atoms with Crippen LogP contribution in [0.1, 0.15) is 35.5 Å². The molecule has 0 saturated carbocycles. The van der Waals surface area contributed by atoms with Crippen molar-refractivity contribution >= 4 is 5.91 Å². The molecular weight excluding hydrogens is 422 g/mol. The summed E-state index contributed by atoms with van der Waals surface area (Å²) in [6.07, 6.45) is 7.71. The van der Waals surface area contributed by atoms with E-state index in [2.05, 4.69) is 24.7 Å². The van der Waals surface area contributed by atoms with Crippen molar-refractivity contribution in [1.29, 1.82) is 0 Å². The highest BCUT2D eigenvalue weighted by molar-refractivity contribution is 5.93. The Morgan fingerprint density at radius 1 is 1.21 bits per heavy atom. The van der Waals surface area contributed by atoms with Gasteiger partial charge < -0.3 is 9.42 Å². The predicted octanol–water partition coefficient (Wildman–Crippen LogP) is 6.22. The van der Waals surface area contributed by atoms with E-state index in [9.17, 15) is 13.6 Å². The third kappa shape index (κ3) is 4.16. The fourth-order valence-electron chi connectivity index (χ4n) is 4.35. The molecule has 168 valence electrons. The minimum atomic E-state index is -0.783. The topological polar surface area (TPSA) is 46.3 Å². The van der Waals surface area contributed by atoms with Gasteiger partial charge in [-0.25, -0.2) is 8.78 Å². The van der Waals surface area contributed by atoms with E-state index >= 15 is 0 Å². The molecule has 1 amide bonds. The lowest BCUT2D eigenvalue weighted by atomic mass is 9.71. The quantitative estimate of drug-likeness (QED) is 0.437. The van der Waals surface area contributed by atoms with Gasteiger partial charge in [0.1, 0.15) is 11.6 Å². The van der Waals surface area contributed by atoms with Crippen LogP contribution in [-0.2, 0) is 12.0 Å². The Labute approximate surface area is 191 Å². The molecule has 0 bridgehead atoms. The van der Waals surface area contributed by atoms with Gasteiger partial charge in [0.25, 0.3) is 5.91 Å². The summed E-state index contributed by atoms with van der Waals surface area (Å²) in [6, 6.07) is 12.6. The molecule has 1 aliphatic rings. The van der Waals surface area contributed by atoms with Crippen molar-refractivity contribution in [3.05, 3.63) is 113 Å². The number of rotatable bonds is 5. The van der Waals surface area contributed by atoms with Gasteiger partial charge in [-0.15, -0.1) is 0 Å². The van der Waals surface area contributed by atoms with Crippen LogP contribution < -0.4 is 0 Å². The van der Waals surface area contributed by atoms with E-state index in [0.29, 0.717) is 13.1 Å². The SMILES string of the molecule is C=C/C(=C\C=C/C)C1(C)CN(C(=O)c2cc(-c3ccc(F)cc3F)on2)Cc2ccccc21. The smallest absolute Gasteiger partial charge is 0.276 e. The van der Waals surface area contributed by atoms with E-state index < -0.39 is 17.0 Å². The molecule has 1 unspecified atom stereocenters. The molecule has 0 spiro atoms. The molecule has 0 saturated heterocycles. The molecule has 1 aliphatic heterocycles. The van der Waals surface area contributed by atoms with Gasteiger partial charge in [0.15, 0.2) is 11.5 Å². The monoisotopic (exact) mass is 446 g/mol. The number of halogens is 2. The maximum atomic E-state index is 14.2. The third-order valence-electron chi connectivity index (χ3n) is 6.02. The summed E-state index contributed by atoms with van der Waals surface area (Å²) in [5.74, 6) is -1.74. The highest BCUT2D eigenvalue weighted by Gasteiger charge is 2.39. The number of amides is 1.